The zero-order valence-corrected chi connectivity index (χ0v) is 7.32. The number of esters is 1. The van der Waals surface area contributed by atoms with Crippen LogP contribution < -0.4 is 11.9 Å². The molecule has 6 N–H and O–H groups in total. The summed E-state index contributed by atoms with van der Waals surface area (Å²) in [5.74, 6) is -0.333. The molecule has 0 aliphatic heterocycles. The fourth-order valence-corrected chi connectivity index (χ4v) is 0.240. The third-order valence-electron chi connectivity index (χ3n) is 0.519. The predicted molar refractivity (Wildman–Crippen MR) is 44.1 cm³/mol. The first-order chi connectivity index (χ1) is 5.50. The van der Waals surface area contributed by atoms with Crippen molar-refractivity contribution in [1.29, 1.82) is 5.26 Å². The van der Waals surface area contributed by atoms with Crippen molar-refractivity contribution in [2.24, 2.45) is 5.73 Å². The average Bonchev–Trinajstić information content (AvgIpc) is 1.86. The van der Waals surface area contributed by atoms with E-state index < -0.39 is 6.09 Å². The number of carbonyl (C=O) groups is 2. The number of amides is 1. The van der Waals surface area contributed by atoms with Crippen molar-refractivity contribution < 1.29 is 19.4 Å². The van der Waals surface area contributed by atoms with Gasteiger partial charge in [0, 0.05) is 6.92 Å². The van der Waals surface area contributed by atoms with Crippen molar-refractivity contribution in [3.63, 3.8) is 0 Å². The van der Waals surface area contributed by atoms with Crippen molar-refractivity contribution in [2.45, 2.75) is 13.3 Å². The van der Waals surface area contributed by atoms with Gasteiger partial charge in [0.15, 0.2) is 0 Å². The van der Waals surface area contributed by atoms with Gasteiger partial charge >= 0.3 is 12.1 Å². The number of nitriles is 1. The van der Waals surface area contributed by atoms with E-state index in [1.165, 1.54) is 6.92 Å². The maximum absolute atomic E-state index is 9.99. The van der Waals surface area contributed by atoms with Crippen LogP contribution in [0.4, 0.5) is 4.79 Å². The molecule has 0 heterocycles. The summed E-state index contributed by atoms with van der Waals surface area (Å²) in [6.07, 6.45) is -1.06. The van der Waals surface area contributed by atoms with E-state index in [-0.39, 0.29) is 25.1 Å². The Labute approximate surface area is 75.7 Å². The molecule has 0 saturated heterocycles. The van der Waals surface area contributed by atoms with Gasteiger partial charge < -0.3 is 21.7 Å². The van der Waals surface area contributed by atoms with Crippen LogP contribution in [-0.2, 0) is 9.53 Å². The second-order valence-corrected chi connectivity index (χ2v) is 1.59. The first-order valence-electron chi connectivity index (χ1n) is 2.99. The van der Waals surface area contributed by atoms with Crippen LogP contribution in [-0.4, -0.2) is 23.8 Å². The maximum Gasteiger partial charge on any atom is 0.402 e. The largest absolute Gasteiger partial charge is 0.465 e. The highest BCUT2D eigenvalue weighted by Gasteiger charge is 1.88. The van der Waals surface area contributed by atoms with Gasteiger partial charge in [-0.05, 0) is 0 Å². The lowest BCUT2D eigenvalue weighted by molar-refractivity contribution is -0.140. The molecule has 0 rings (SSSR count). The van der Waals surface area contributed by atoms with E-state index in [1.54, 1.807) is 0 Å². The molecule has 0 aliphatic rings. The van der Waals surface area contributed by atoms with Gasteiger partial charge in [-0.3, -0.25) is 4.79 Å². The summed E-state index contributed by atoms with van der Waals surface area (Å²) >= 11 is 0. The highest BCUT2D eigenvalue weighted by molar-refractivity contribution is 5.65. The number of primary amides is 1. The lowest BCUT2D eigenvalue weighted by Gasteiger charge is -1.92. The summed E-state index contributed by atoms with van der Waals surface area (Å²) in [6.45, 7) is 1.53. The van der Waals surface area contributed by atoms with Gasteiger partial charge in [-0.1, -0.05) is 0 Å². The number of hydrogen-bond donors (Lipinski definition) is 3. The Hall–Kier alpha value is -1.81. The SMILES string of the molecule is CC(=O)OCCC#N.N.NC(=O)O. The van der Waals surface area contributed by atoms with Gasteiger partial charge in [0.05, 0.1) is 12.5 Å². The van der Waals surface area contributed by atoms with Crippen molar-refractivity contribution in [3.8, 4) is 6.07 Å². The van der Waals surface area contributed by atoms with Crippen LogP contribution in [0.5, 0.6) is 0 Å². The van der Waals surface area contributed by atoms with E-state index in [1.807, 2.05) is 6.07 Å². The molecule has 0 radical (unpaired) electrons. The molecular formula is C6H13N3O4. The fourth-order valence-electron chi connectivity index (χ4n) is 0.240. The summed E-state index contributed by atoms with van der Waals surface area (Å²) < 4.78 is 4.42. The zero-order valence-electron chi connectivity index (χ0n) is 7.32. The Balaban J connectivity index is -0.000000173. The Bertz CT molecular complexity index is 183. The van der Waals surface area contributed by atoms with E-state index in [2.05, 4.69) is 10.5 Å². The first-order valence-corrected chi connectivity index (χ1v) is 2.99. The molecule has 0 saturated carbocycles. The molecule has 0 bridgehead atoms. The third kappa shape index (κ3) is 67.2. The summed E-state index contributed by atoms with van der Waals surface area (Å²) in [5.41, 5.74) is 4.03. The van der Waals surface area contributed by atoms with Crippen LogP contribution in [0.1, 0.15) is 13.3 Å². The van der Waals surface area contributed by atoms with Gasteiger partial charge in [-0.25, -0.2) is 4.79 Å². The van der Waals surface area contributed by atoms with Crippen LogP contribution in [0.25, 0.3) is 0 Å². The van der Waals surface area contributed by atoms with Gasteiger partial charge in [0.2, 0.25) is 0 Å². The molecule has 0 unspecified atom stereocenters. The Kier molecular flexibility index (Phi) is 17.1. The summed E-state index contributed by atoms with van der Waals surface area (Å²) in [5, 5.41) is 15.1. The molecule has 1 amide bonds. The predicted octanol–water partition coefficient (Wildman–Crippen LogP) is 0.248. The van der Waals surface area contributed by atoms with Crippen molar-refractivity contribution in [2.75, 3.05) is 6.61 Å². The molecule has 7 heteroatoms. The zero-order chi connectivity index (χ0) is 9.98. The minimum absolute atomic E-state index is 0. The van der Waals surface area contributed by atoms with Gasteiger partial charge in [0.1, 0.15) is 6.61 Å². The lowest BCUT2D eigenvalue weighted by Crippen LogP contribution is -2.03. The molecule has 0 spiro atoms. The molecule has 0 aromatic heterocycles. The molecule has 0 aromatic carbocycles. The van der Waals surface area contributed by atoms with Gasteiger partial charge in [0.25, 0.3) is 0 Å². The summed E-state index contributed by atoms with van der Waals surface area (Å²) in [6, 6.07) is 1.85. The van der Waals surface area contributed by atoms with Crippen LogP contribution in [0.2, 0.25) is 0 Å². The highest BCUT2D eigenvalue weighted by Crippen LogP contribution is 1.78. The minimum Gasteiger partial charge on any atom is -0.465 e. The first kappa shape index (κ1) is 17.3. The number of carbonyl (C=O) groups excluding carboxylic acids is 1. The standard InChI is InChI=1S/C5H7NO2.CH3NO2.H3N/c1-5(7)8-4-2-3-6;2-1(3)4;/h2,4H2,1H3;2H2,(H,3,4);1H3. The van der Waals surface area contributed by atoms with Gasteiger partial charge in [-0.2, -0.15) is 5.26 Å². The maximum atomic E-state index is 9.99. The second kappa shape index (κ2) is 12.8. The fraction of sp³-hybridized carbons (Fsp3) is 0.500. The quantitative estimate of drug-likeness (QED) is 0.420. The minimum atomic E-state index is -1.33. The van der Waals surface area contributed by atoms with Crippen LogP contribution in [0.15, 0.2) is 0 Å². The van der Waals surface area contributed by atoms with Crippen LogP contribution in [0, 0.1) is 11.3 Å². The number of ether oxygens (including phenoxy) is 1. The molecule has 0 fully saturated rings. The van der Waals surface area contributed by atoms with Crippen molar-refractivity contribution >= 4 is 12.1 Å². The van der Waals surface area contributed by atoms with E-state index in [0.717, 1.165) is 0 Å². The molecular weight excluding hydrogens is 178 g/mol. The number of carboxylic acid groups (broad SMARTS) is 1. The lowest BCUT2D eigenvalue weighted by atomic mass is 10.5. The van der Waals surface area contributed by atoms with Gasteiger partial charge in [-0.15, -0.1) is 0 Å². The third-order valence-corrected chi connectivity index (χ3v) is 0.519. The molecule has 0 atom stereocenters. The summed E-state index contributed by atoms with van der Waals surface area (Å²) in [7, 11) is 0. The number of nitrogens with two attached hydrogens (primary N) is 1. The van der Waals surface area contributed by atoms with Crippen LogP contribution >= 0.6 is 0 Å². The number of rotatable bonds is 2. The van der Waals surface area contributed by atoms with Crippen molar-refractivity contribution in [1.82, 2.24) is 6.15 Å². The molecule has 0 aromatic rings. The Morgan fingerprint density at radius 1 is 1.62 bits per heavy atom. The molecule has 76 valence electrons. The molecule has 0 aliphatic carbocycles. The molecule has 13 heavy (non-hydrogen) atoms. The molecule has 7 nitrogen and oxygen atoms in total. The smallest absolute Gasteiger partial charge is 0.402 e. The topological polar surface area (TPSA) is 148 Å². The van der Waals surface area contributed by atoms with Crippen LogP contribution in [0.3, 0.4) is 0 Å². The number of hydrogen-bond acceptors (Lipinski definition) is 5. The normalized spacial score (nSPS) is 6.46. The van der Waals surface area contributed by atoms with E-state index in [9.17, 15) is 4.79 Å². The van der Waals surface area contributed by atoms with Crippen molar-refractivity contribution in [3.05, 3.63) is 0 Å². The number of nitrogens with zero attached hydrogens (tertiary/aromatic N) is 1. The Morgan fingerprint density at radius 2 is 2.00 bits per heavy atom. The second-order valence-electron chi connectivity index (χ2n) is 1.59. The Morgan fingerprint density at radius 3 is 2.23 bits per heavy atom. The van der Waals surface area contributed by atoms with E-state index in [4.69, 9.17) is 15.2 Å². The van der Waals surface area contributed by atoms with E-state index >= 15 is 0 Å². The van der Waals surface area contributed by atoms with E-state index in [0.29, 0.717) is 0 Å². The monoisotopic (exact) mass is 191 g/mol. The highest BCUT2D eigenvalue weighted by atomic mass is 16.5. The average molecular weight is 191 g/mol. The summed E-state index contributed by atoms with van der Waals surface area (Å²) in [4.78, 5) is 18.8.